The van der Waals surface area contributed by atoms with E-state index in [1.165, 1.54) is 12.8 Å². The van der Waals surface area contributed by atoms with E-state index in [-0.39, 0.29) is 0 Å². The Morgan fingerprint density at radius 2 is 2.43 bits per heavy atom. The Labute approximate surface area is 91.7 Å². The minimum atomic E-state index is -0.522. The third-order valence-electron chi connectivity index (χ3n) is 2.28. The summed E-state index contributed by atoms with van der Waals surface area (Å²) in [5.74, 6) is 0. The average Bonchev–Trinajstić information content (AvgIpc) is 2.98. The second-order valence-corrected chi connectivity index (χ2v) is 4.42. The maximum Gasteiger partial charge on any atom is 0.109 e. The van der Waals surface area contributed by atoms with E-state index < -0.39 is 6.10 Å². The molecular formula is C10H13BrN2O. The van der Waals surface area contributed by atoms with Gasteiger partial charge in [-0.1, -0.05) is 0 Å². The van der Waals surface area contributed by atoms with Gasteiger partial charge in [0.15, 0.2) is 0 Å². The van der Waals surface area contributed by atoms with E-state index in [9.17, 15) is 5.11 Å². The Hall–Kier alpha value is -0.450. The summed E-state index contributed by atoms with van der Waals surface area (Å²) < 4.78 is 0.866. The summed E-state index contributed by atoms with van der Waals surface area (Å²) in [4.78, 5) is 4.14. The van der Waals surface area contributed by atoms with Crippen LogP contribution in [0.4, 0.5) is 0 Å². The normalized spacial score (nSPS) is 18.1. The SMILES string of the molecule is O[C@H](CNC1CC1)c1ncccc1Br. The molecule has 1 aliphatic rings. The van der Waals surface area contributed by atoms with Crippen LogP contribution in [0.25, 0.3) is 0 Å². The van der Waals surface area contributed by atoms with Gasteiger partial charge in [0.05, 0.1) is 5.69 Å². The standard InChI is InChI=1S/C10H13BrN2O/c11-8-2-1-5-12-10(8)9(14)6-13-7-3-4-7/h1-2,5,7,9,13-14H,3-4,6H2/t9-/m1/s1. The number of rotatable bonds is 4. The van der Waals surface area contributed by atoms with Crippen molar-refractivity contribution in [3.8, 4) is 0 Å². The average molecular weight is 257 g/mol. The molecule has 1 aromatic rings. The maximum absolute atomic E-state index is 9.82. The van der Waals surface area contributed by atoms with Crippen LogP contribution in [-0.4, -0.2) is 22.7 Å². The van der Waals surface area contributed by atoms with E-state index in [4.69, 9.17) is 0 Å². The van der Waals surface area contributed by atoms with Crippen molar-refractivity contribution in [1.82, 2.24) is 10.3 Å². The lowest BCUT2D eigenvalue weighted by molar-refractivity contribution is 0.169. The van der Waals surface area contributed by atoms with Gasteiger partial charge < -0.3 is 10.4 Å². The van der Waals surface area contributed by atoms with Crippen LogP contribution in [0.2, 0.25) is 0 Å². The summed E-state index contributed by atoms with van der Waals surface area (Å²) in [5.41, 5.74) is 0.709. The molecular weight excluding hydrogens is 244 g/mol. The minimum Gasteiger partial charge on any atom is -0.385 e. The van der Waals surface area contributed by atoms with Gasteiger partial charge in [0.2, 0.25) is 0 Å². The van der Waals surface area contributed by atoms with Crippen LogP contribution in [0.3, 0.4) is 0 Å². The zero-order valence-corrected chi connectivity index (χ0v) is 9.37. The molecule has 76 valence electrons. The summed E-state index contributed by atoms with van der Waals surface area (Å²) in [6, 6.07) is 4.35. The number of aliphatic hydroxyl groups is 1. The smallest absolute Gasteiger partial charge is 0.109 e. The first-order valence-electron chi connectivity index (χ1n) is 4.79. The van der Waals surface area contributed by atoms with Gasteiger partial charge in [-0.2, -0.15) is 0 Å². The molecule has 4 heteroatoms. The van der Waals surface area contributed by atoms with Crippen molar-refractivity contribution in [1.29, 1.82) is 0 Å². The molecule has 0 bridgehead atoms. The van der Waals surface area contributed by atoms with E-state index in [0.29, 0.717) is 18.3 Å². The molecule has 3 nitrogen and oxygen atoms in total. The molecule has 0 saturated heterocycles. The molecule has 0 unspecified atom stereocenters. The first-order chi connectivity index (χ1) is 6.77. The van der Waals surface area contributed by atoms with Crippen LogP contribution in [0.5, 0.6) is 0 Å². The number of nitrogens with zero attached hydrogens (tertiary/aromatic N) is 1. The Morgan fingerprint density at radius 1 is 1.64 bits per heavy atom. The van der Waals surface area contributed by atoms with Crippen molar-refractivity contribution in [2.45, 2.75) is 25.0 Å². The highest BCUT2D eigenvalue weighted by Gasteiger charge is 2.22. The zero-order valence-electron chi connectivity index (χ0n) is 7.78. The Kier molecular flexibility index (Phi) is 3.15. The van der Waals surface area contributed by atoms with Gasteiger partial charge in [0.1, 0.15) is 6.10 Å². The minimum absolute atomic E-state index is 0.522. The predicted octanol–water partition coefficient (Wildman–Crippen LogP) is 1.63. The Morgan fingerprint density at radius 3 is 3.07 bits per heavy atom. The fourth-order valence-electron chi connectivity index (χ4n) is 1.31. The second-order valence-electron chi connectivity index (χ2n) is 3.57. The Balaban J connectivity index is 1.95. The largest absolute Gasteiger partial charge is 0.385 e. The molecule has 2 rings (SSSR count). The van der Waals surface area contributed by atoms with Crippen LogP contribution < -0.4 is 5.32 Å². The van der Waals surface area contributed by atoms with E-state index >= 15 is 0 Å². The lowest BCUT2D eigenvalue weighted by Crippen LogP contribution is -2.24. The second kappa shape index (κ2) is 4.38. The van der Waals surface area contributed by atoms with Gasteiger partial charge >= 0.3 is 0 Å². The molecule has 1 aromatic heterocycles. The third-order valence-corrected chi connectivity index (χ3v) is 2.95. The molecule has 0 amide bonds. The molecule has 0 spiro atoms. The highest BCUT2D eigenvalue weighted by Crippen LogP contribution is 2.22. The molecule has 14 heavy (non-hydrogen) atoms. The highest BCUT2D eigenvalue weighted by molar-refractivity contribution is 9.10. The number of aliphatic hydroxyl groups excluding tert-OH is 1. The van der Waals surface area contributed by atoms with Gasteiger partial charge in [-0.25, -0.2) is 0 Å². The van der Waals surface area contributed by atoms with Crippen LogP contribution in [-0.2, 0) is 0 Å². The van der Waals surface area contributed by atoms with Gasteiger partial charge in [-0.05, 0) is 40.9 Å². The van der Waals surface area contributed by atoms with Gasteiger partial charge in [0, 0.05) is 23.3 Å². The number of hydrogen-bond acceptors (Lipinski definition) is 3. The van der Waals surface area contributed by atoms with Crippen LogP contribution in [0.1, 0.15) is 24.6 Å². The van der Waals surface area contributed by atoms with Crippen molar-refractivity contribution in [2.75, 3.05) is 6.54 Å². The van der Waals surface area contributed by atoms with Gasteiger partial charge in [-0.15, -0.1) is 0 Å². The zero-order chi connectivity index (χ0) is 9.97. The monoisotopic (exact) mass is 256 g/mol. The van der Waals surface area contributed by atoms with Crippen molar-refractivity contribution >= 4 is 15.9 Å². The van der Waals surface area contributed by atoms with Crippen molar-refractivity contribution in [3.63, 3.8) is 0 Å². The lowest BCUT2D eigenvalue weighted by Gasteiger charge is -2.11. The van der Waals surface area contributed by atoms with E-state index in [2.05, 4.69) is 26.2 Å². The number of pyridine rings is 1. The molecule has 0 aromatic carbocycles. The lowest BCUT2D eigenvalue weighted by atomic mass is 10.2. The molecule has 1 saturated carbocycles. The van der Waals surface area contributed by atoms with Crippen molar-refractivity contribution in [3.05, 3.63) is 28.5 Å². The van der Waals surface area contributed by atoms with Crippen LogP contribution in [0.15, 0.2) is 22.8 Å². The third kappa shape index (κ3) is 2.53. The fourth-order valence-corrected chi connectivity index (χ4v) is 1.82. The predicted molar refractivity (Wildman–Crippen MR) is 57.9 cm³/mol. The summed E-state index contributed by atoms with van der Waals surface area (Å²) in [6.07, 6.45) is 3.64. The van der Waals surface area contributed by atoms with E-state index in [1.807, 2.05) is 12.1 Å². The molecule has 2 N–H and O–H groups in total. The first-order valence-corrected chi connectivity index (χ1v) is 5.58. The van der Waals surface area contributed by atoms with E-state index in [1.54, 1.807) is 6.20 Å². The van der Waals surface area contributed by atoms with Crippen molar-refractivity contribution < 1.29 is 5.11 Å². The number of halogens is 1. The van der Waals surface area contributed by atoms with Gasteiger partial charge in [0.25, 0.3) is 0 Å². The van der Waals surface area contributed by atoms with Gasteiger partial charge in [-0.3, -0.25) is 4.98 Å². The highest BCUT2D eigenvalue weighted by atomic mass is 79.9. The Bertz CT molecular complexity index is 315. The summed E-state index contributed by atoms with van der Waals surface area (Å²) in [6.45, 7) is 0.584. The van der Waals surface area contributed by atoms with Crippen LogP contribution >= 0.6 is 15.9 Å². The molecule has 1 fully saturated rings. The van der Waals surface area contributed by atoms with Crippen molar-refractivity contribution in [2.24, 2.45) is 0 Å². The fraction of sp³-hybridized carbons (Fsp3) is 0.500. The molecule has 1 heterocycles. The molecule has 0 radical (unpaired) electrons. The maximum atomic E-state index is 9.82. The number of aromatic nitrogens is 1. The summed E-state index contributed by atoms with van der Waals surface area (Å²) >= 11 is 3.37. The number of hydrogen-bond donors (Lipinski definition) is 2. The molecule has 1 aliphatic carbocycles. The number of nitrogens with one attached hydrogen (secondary N) is 1. The quantitative estimate of drug-likeness (QED) is 0.861. The summed E-state index contributed by atoms with van der Waals surface area (Å²) in [7, 11) is 0. The topological polar surface area (TPSA) is 45.1 Å². The summed E-state index contributed by atoms with van der Waals surface area (Å²) in [5, 5.41) is 13.1. The van der Waals surface area contributed by atoms with Crippen LogP contribution in [0, 0.1) is 0 Å². The first kappa shape index (κ1) is 10.1. The molecule has 1 atom stereocenters. The molecule has 0 aliphatic heterocycles. The van der Waals surface area contributed by atoms with E-state index in [0.717, 1.165) is 4.47 Å².